The number of aliphatic hydroxyl groups is 1. The first-order chi connectivity index (χ1) is 19.4. The van der Waals surface area contributed by atoms with E-state index in [1.807, 2.05) is 6.92 Å². The Labute approximate surface area is 234 Å². The van der Waals surface area contributed by atoms with E-state index in [0.29, 0.717) is 67.9 Å². The van der Waals surface area contributed by atoms with Crippen molar-refractivity contribution in [3.05, 3.63) is 84.0 Å². The van der Waals surface area contributed by atoms with Crippen molar-refractivity contribution in [2.45, 2.75) is 13.0 Å². The van der Waals surface area contributed by atoms with Crippen LogP contribution in [0.2, 0.25) is 0 Å². The summed E-state index contributed by atoms with van der Waals surface area (Å²) < 4.78 is 22.4. The van der Waals surface area contributed by atoms with E-state index in [1.54, 1.807) is 48.6 Å². The summed E-state index contributed by atoms with van der Waals surface area (Å²) in [5.74, 6) is -0.0614. The third kappa shape index (κ3) is 6.21. The largest absolute Gasteiger partial charge is 0.507 e. The Morgan fingerprint density at radius 2 is 1.68 bits per heavy atom. The maximum Gasteiger partial charge on any atom is 0.295 e. The Morgan fingerprint density at radius 1 is 1.00 bits per heavy atom. The highest BCUT2D eigenvalue weighted by Gasteiger charge is 2.46. The molecule has 0 aliphatic carbocycles. The summed E-state index contributed by atoms with van der Waals surface area (Å²) >= 11 is 0. The first kappa shape index (κ1) is 28.9. The molecular weight excluding hydrogens is 512 g/mol. The number of aliphatic hydroxyl groups excluding tert-OH is 1. The summed E-state index contributed by atoms with van der Waals surface area (Å²) in [6.45, 7) is 13.4. The van der Waals surface area contributed by atoms with E-state index in [4.69, 9.17) is 18.9 Å². The van der Waals surface area contributed by atoms with E-state index in [2.05, 4.69) is 18.1 Å². The maximum atomic E-state index is 13.5. The number of methoxy groups -OCH3 is 1. The highest BCUT2D eigenvalue weighted by Crippen LogP contribution is 2.42. The van der Waals surface area contributed by atoms with E-state index in [-0.39, 0.29) is 11.3 Å². The van der Waals surface area contributed by atoms with Gasteiger partial charge in [0.1, 0.15) is 24.7 Å². The Morgan fingerprint density at radius 3 is 2.33 bits per heavy atom. The summed E-state index contributed by atoms with van der Waals surface area (Å²) in [5, 5.41) is 11.5. The maximum absolute atomic E-state index is 13.5. The monoisotopic (exact) mass is 548 g/mol. The first-order valence-electron chi connectivity index (χ1n) is 13.2. The van der Waals surface area contributed by atoms with Crippen LogP contribution in [0.5, 0.6) is 17.2 Å². The Bertz CT molecular complexity index is 1300. The quantitative estimate of drug-likeness (QED) is 0.185. The van der Waals surface area contributed by atoms with E-state index in [9.17, 15) is 14.7 Å². The van der Waals surface area contributed by atoms with E-state index in [1.165, 1.54) is 12.0 Å². The molecule has 2 aromatic carbocycles. The number of carbonyl (C=O) groups excluding carboxylic acids is 2. The van der Waals surface area contributed by atoms with Crippen molar-refractivity contribution in [3.63, 3.8) is 0 Å². The van der Waals surface area contributed by atoms with E-state index >= 15 is 0 Å². The molecule has 0 bridgehead atoms. The number of aryl methyl sites for hydroxylation is 1. The second-order valence-corrected chi connectivity index (χ2v) is 9.54. The fraction of sp³-hybridized carbons (Fsp3) is 0.355. The Balaban J connectivity index is 1.76. The predicted molar refractivity (Wildman–Crippen MR) is 152 cm³/mol. The second-order valence-electron chi connectivity index (χ2n) is 9.54. The van der Waals surface area contributed by atoms with Crippen LogP contribution in [0.15, 0.2) is 67.3 Å². The summed E-state index contributed by atoms with van der Waals surface area (Å²) in [6, 6.07) is 9.57. The summed E-state index contributed by atoms with van der Waals surface area (Å²) in [5.41, 5.74) is 1.83. The van der Waals surface area contributed by atoms with Gasteiger partial charge in [-0.2, -0.15) is 0 Å². The number of morpholine rings is 1. The molecule has 2 aromatic rings. The number of ether oxygens (including phenoxy) is 4. The van der Waals surface area contributed by atoms with Gasteiger partial charge in [-0.3, -0.25) is 14.5 Å². The van der Waals surface area contributed by atoms with Crippen molar-refractivity contribution < 1.29 is 33.6 Å². The van der Waals surface area contributed by atoms with Crippen LogP contribution < -0.4 is 14.2 Å². The van der Waals surface area contributed by atoms with Gasteiger partial charge in [-0.15, -0.1) is 0 Å². The van der Waals surface area contributed by atoms with Gasteiger partial charge in [0.2, 0.25) is 0 Å². The minimum atomic E-state index is -0.819. The normalized spacial score (nSPS) is 18.9. The van der Waals surface area contributed by atoms with Gasteiger partial charge in [0, 0.05) is 31.7 Å². The van der Waals surface area contributed by atoms with Crippen LogP contribution in [-0.2, 0) is 14.3 Å². The zero-order valence-corrected chi connectivity index (χ0v) is 23.1. The van der Waals surface area contributed by atoms with Crippen molar-refractivity contribution >= 4 is 17.4 Å². The molecule has 2 aliphatic heterocycles. The Kier molecular flexibility index (Phi) is 9.63. The second kappa shape index (κ2) is 13.3. The molecule has 0 radical (unpaired) electrons. The van der Waals surface area contributed by atoms with Crippen molar-refractivity contribution in [1.29, 1.82) is 0 Å². The number of hydrogen-bond donors (Lipinski definition) is 1. The van der Waals surface area contributed by atoms with Crippen LogP contribution in [0.25, 0.3) is 5.76 Å². The molecule has 1 atom stereocenters. The van der Waals surface area contributed by atoms with Gasteiger partial charge in [0.15, 0.2) is 11.5 Å². The number of ketones is 1. The van der Waals surface area contributed by atoms with Crippen LogP contribution in [0.3, 0.4) is 0 Å². The number of benzene rings is 2. The number of likely N-dealkylation sites (tertiary alicyclic amines) is 1. The van der Waals surface area contributed by atoms with Gasteiger partial charge < -0.3 is 29.0 Å². The first-order valence-corrected chi connectivity index (χ1v) is 13.2. The lowest BCUT2D eigenvalue weighted by Crippen LogP contribution is -2.42. The molecule has 2 heterocycles. The van der Waals surface area contributed by atoms with Crippen LogP contribution in [0.1, 0.15) is 22.7 Å². The topological polar surface area (TPSA) is 97.8 Å². The summed E-state index contributed by atoms with van der Waals surface area (Å²) in [6.07, 6.45) is 3.28. The average Bonchev–Trinajstić information content (AvgIpc) is 3.23. The lowest BCUT2D eigenvalue weighted by atomic mass is 9.94. The molecule has 2 aliphatic rings. The molecule has 4 rings (SSSR count). The van der Waals surface area contributed by atoms with Crippen LogP contribution >= 0.6 is 0 Å². The molecule has 212 valence electrons. The van der Waals surface area contributed by atoms with Crippen molar-refractivity contribution in [1.82, 2.24) is 9.80 Å². The highest BCUT2D eigenvalue weighted by atomic mass is 16.5. The molecule has 1 unspecified atom stereocenters. The number of amides is 1. The third-order valence-electron chi connectivity index (χ3n) is 6.97. The minimum Gasteiger partial charge on any atom is -0.507 e. The fourth-order valence-electron chi connectivity index (χ4n) is 4.92. The van der Waals surface area contributed by atoms with E-state index < -0.39 is 17.7 Å². The van der Waals surface area contributed by atoms with Crippen LogP contribution in [0.4, 0.5) is 0 Å². The van der Waals surface area contributed by atoms with Crippen LogP contribution in [0, 0.1) is 6.92 Å². The summed E-state index contributed by atoms with van der Waals surface area (Å²) in [4.78, 5) is 30.6. The average molecular weight is 549 g/mol. The van der Waals surface area contributed by atoms with Gasteiger partial charge in [-0.1, -0.05) is 31.4 Å². The number of carbonyl (C=O) groups is 2. The van der Waals surface area contributed by atoms with Gasteiger partial charge in [0.05, 0.1) is 31.9 Å². The molecule has 1 amide bonds. The molecule has 0 spiro atoms. The van der Waals surface area contributed by atoms with Crippen LogP contribution in [-0.4, -0.2) is 86.3 Å². The third-order valence-corrected chi connectivity index (χ3v) is 6.97. The lowest BCUT2D eigenvalue weighted by Gasteiger charge is -2.31. The SMILES string of the molecule is C=CCOc1ccc(C(O)=C2C(=O)C(=O)N(CCN3CCOCC3)C2c2ccc(OCC=C)c(OC)c2)cc1C. The predicted octanol–water partition coefficient (Wildman–Crippen LogP) is 3.89. The lowest BCUT2D eigenvalue weighted by molar-refractivity contribution is -0.140. The van der Waals surface area contributed by atoms with Crippen molar-refractivity contribution in [2.24, 2.45) is 0 Å². The van der Waals surface area contributed by atoms with Gasteiger partial charge >= 0.3 is 0 Å². The molecule has 9 nitrogen and oxygen atoms in total. The number of Topliss-reactive ketones (excluding diaryl/α,β-unsaturated/α-hetero) is 1. The molecular formula is C31H36N2O7. The molecule has 0 saturated carbocycles. The molecule has 2 saturated heterocycles. The smallest absolute Gasteiger partial charge is 0.295 e. The number of nitrogens with zero attached hydrogens (tertiary/aromatic N) is 2. The zero-order chi connectivity index (χ0) is 28.6. The summed E-state index contributed by atoms with van der Waals surface area (Å²) in [7, 11) is 1.52. The fourth-order valence-corrected chi connectivity index (χ4v) is 4.92. The zero-order valence-electron chi connectivity index (χ0n) is 23.1. The molecule has 0 aromatic heterocycles. The number of hydrogen-bond acceptors (Lipinski definition) is 8. The molecule has 2 fully saturated rings. The Hall–Kier alpha value is -4.08. The minimum absolute atomic E-state index is 0.0213. The van der Waals surface area contributed by atoms with Crippen molar-refractivity contribution in [2.75, 3.05) is 59.7 Å². The van der Waals surface area contributed by atoms with Gasteiger partial charge in [0.25, 0.3) is 11.7 Å². The standard InChI is InChI=1S/C31H36N2O7/c1-5-15-39-24-9-8-23(19-21(24)3)29(34)27-28(22-7-10-25(40-16-6-2)26(20-22)37-4)33(31(36)30(27)35)12-11-32-13-17-38-18-14-32/h5-10,19-20,28,34H,1-2,11-18H2,3-4H3. The molecule has 40 heavy (non-hydrogen) atoms. The van der Waals surface area contributed by atoms with E-state index in [0.717, 1.165) is 18.7 Å². The highest BCUT2D eigenvalue weighted by molar-refractivity contribution is 6.46. The molecule has 1 N–H and O–H groups in total. The van der Waals surface area contributed by atoms with Gasteiger partial charge in [-0.25, -0.2) is 0 Å². The molecule has 9 heteroatoms. The number of rotatable bonds is 12. The van der Waals surface area contributed by atoms with Gasteiger partial charge in [-0.05, 0) is 48.4 Å². The van der Waals surface area contributed by atoms with Crippen molar-refractivity contribution in [3.8, 4) is 17.2 Å².